The smallest absolute Gasteiger partial charge is 0.253 e. The average Bonchev–Trinajstić information content (AvgIpc) is 2.41. The first-order valence-corrected chi connectivity index (χ1v) is 5.15. The summed E-state index contributed by atoms with van der Waals surface area (Å²) in [4.78, 5) is 5.27. The lowest BCUT2D eigenvalue weighted by Gasteiger charge is -2.31. The summed E-state index contributed by atoms with van der Waals surface area (Å²) in [5.74, 6) is 0.127. The number of aliphatic hydroxyl groups excluding tert-OH is 1. The van der Waals surface area contributed by atoms with Gasteiger partial charge in [-0.2, -0.15) is 5.06 Å². The molecule has 88 valence electrons. The second-order valence-electron chi connectivity index (χ2n) is 3.98. The fraction of sp³-hybridized carbons (Fsp3) is 1.00. The van der Waals surface area contributed by atoms with Crippen molar-refractivity contribution in [1.82, 2.24) is 5.06 Å². The lowest BCUT2D eigenvalue weighted by atomic mass is 10.0. The van der Waals surface area contributed by atoms with Crippen molar-refractivity contribution in [3.8, 4) is 0 Å². The second-order valence-corrected chi connectivity index (χ2v) is 3.98. The molecule has 2 aliphatic heterocycles. The highest BCUT2D eigenvalue weighted by Crippen LogP contribution is 2.34. The standard InChI is InChI=1S/C9H15F2NO3/c10-8(11)5-12-4-7-3-6(1-2-13)9(14-7)15-12/h6-9,13H,1-5H2/t6-,7-,9-/m0/s1. The van der Waals surface area contributed by atoms with E-state index in [-0.39, 0.29) is 25.2 Å². The minimum absolute atomic E-state index is 0.0287. The van der Waals surface area contributed by atoms with Crippen molar-refractivity contribution in [1.29, 1.82) is 0 Å². The van der Waals surface area contributed by atoms with E-state index in [9.17, 15) is 8.78 Å². The van der Waals surface area contributed by atoms with Crippen LogP contribution in [0.2, 0.25) is 0 Å². The number of halogens is 2. The van der Waals surface area contributed by atoms with Crippen molar-refractivity contribution in [2.45, 2.75) is 31.7 Å². The molecule has 0 aromatic heterocycles. The number of rotatable bonds is 4. The number of alkyl halides is 2. The maximum Gasteiger partial charge on any atom is 0.253 e. The Morgan fingerprint density at radius 3 is 2.93 bits per heavy atom. The molecule has 2 heterocycles. The summed E-state index contributed by atoms with van der Waals surface area (Å²) >= 11 is 0. The number of nitrogens with zero attached hydrogens (tertiary/aromatic N) is 1. The topological polar surface area (TPSA) is 41.9 Å². The maximum atomic E-state index is 12.1. The van der Waals surface area contributed by atoms with Crippen LogP contribution < -0.4 is 0 Å². The molecule has 6 heteroatoms. The first-order chi connectivity index (χ1) is 7.19. The van der Waals surface area contributed by atoms with Gasteiger partial charge in [0.25, 0.3) is 6.43 Å². The van der Waals surface area contributed by atoms with Gasteiger partial charge in [0.2, 0.25) is 0 Å². The van der Waals surface area contributed by atoms with Gasteiger partial charge in [-0.25, -0.2) is 8.78 Å². The van der Waals surface area contributed by atoms with Gasteiger partial charge >= 0.3 is 0 Å². The molecule has 2 rings (SSSR count). The third-order valence-electron chi connectivity index (χ3n) is 2.78. The van der Waals surface area contributed by atoms with Crippen molar-refractivity contribution < 1.29 is 23.5 Å². The van der Waals surface area contributed by atoms with Crippen molar-refractivity contribution >= 4 is 0 Å². The van der Waals surface area contributed by atoms with Gasteiger partial charge in [0.05, 0.1) is 19.2 Å². The molecule has 0 saturated carbocycles. The van der Waals surface area contributed by atoms with Crippen molar-refractivity contribution in [2.75, 3.05) is 19.7 Å². The lowest BCUT2D eigenvalue weighted by molar-refractivity contribution is -0.331. The Morgan fingerprint density at radius 2 is 2.27 bits per heavy atom. The van der Waals surface area contributed by atoms with E-state index in [4.69, 9.17) is 14.7 Å². The molecule has 0 amide bonds. The molecule has 4 nitrogen and oxygen atoms in total. The van der Waals surface area contributed by atoms with Crippen LogP contribution in [-0.4, -0.2) is 48.7 Å². The summed E-state index contributed by atoms with van der Waals surface area (Å²) in [5.41, 5.74) is 0. The highest BCUT2D eigenvalue weighted by atomic mass is 19.3. The second kappa shape index (κ2) is 4.69. The van der Waals surface area contributed by atoms with Crippen molar-refractivity contribution in [2.24, 2.45) is 5.92 Å². The van der Waals surface area contributed by atoms with Gasteiger partial charge < -0.3 is 9.84 Å². The lowest BCUT2D eigenvalue weighted by Crippen LogP contribution is -2.43. The van der Waals surface area contributed by atoms with Crippen LogP contribution in [0.15, 0.2) is 0 Å². The minimum Gasteiger partial charge on any atom is -0.396 e. The van der Waals surface area contributed by atoms with Gasteiger partial charge in [0.1, 0.15) is 0 Å². The average molecular weight is 223 g/mol. The fourth-order valence-corrected chi connectivity index (χ4v) is 2.14. The molecule has 2 saturated heterocycles. The Morgan fingerprint density at radius 1 is 1.47 bits per heavy atom. The summed E-state index contributed by atoms with van der Waals surface area (Å²) in [5, 5.41) is 10.1. The normalized spacial score (nSPS) is 36.4. The summed E-state index contributed by atoms with van der Waals surface area (Å²) in [7, 11) is 0. The Labute approximate surface area is 86.7 Å². The SMILES string of the molecule is OCC[C@H]1C[C@H]2CN(CC(F)F)O[C@@H]1O2. The van der Waals surface area contributed by atoms with Crippen molar-refractivity contribution in [3.05, 3.63) is 0 Å². The molecule has 2 aliphatic rings. The van der Waals surface area contributed by atoms with Crippen LogP contribution in [0.1, 0.15) is 12.8 Å². The quantitative estimate of drug-likeness (QED) is 0.758. The Kier molecular flexibility index (Phi) is 3.50. The monoisotopic (exact) mass is 223 g/mol. The van der Waals surface area contributed by atoms with Gasteiger partial charge in [0.15, 0.2) is 6.29 Å². The van der Waals surface area contributed by atoms with E-state index >= 15 is 0 Å². The van der Waals surface area contributed by atoms with Crippen LogP contribution in [0.5, 0.6) is 0 Å². The number of fused-ring (bicyclic) bond motifs is 2. The van der Waals surface area contributed by atoms with E-state index in [1.54, 1.807) is 0 Å². The van der Waals surface area contributed by atoms with E-state index in [2.05, 4.69) is 0 Å². The zero-order valence-electron chi connectivity index (χ0n) is 8.31. The highest BCUT2D eigenvalue weighted by Gasteiger charge is 2.42. The van der Waals surface area contributed by atoms with Crippen molar-refractivity contribution in [3.63, 3.8) is 0 Å². The number of aliphatic hydroxyl groups is 1. The van der Waals surface area contributed by atoms with Crippen LogP contribution in [0.25, 0.3) is 0 Å². The van der Waals surface area contributed by atoms with E-state index in [1.807, 2.05) is 0 Å². The molecule has 0 spiro atoms. The van der Waals surface area contributed by atoms with Gasteiger partial charge in [0, 0.05) is 12.5 Å². The number of hydrogen-bond acceptors (Lipinski definition) is 4. The van der Waals surface area contributed by atoms with E-state index in [1.165, 1.54) is 5.06 Å². The van der Waals surface area contributed by atoms with Crippen LogP contribution in [-0.2, 0) is 9.57 Å². The third kappa shape index (κ3) is 2.63. The van der Waals surface area contributed by atoms with E-state index < -0.39 is 12.7 Å². The largest absolute Gasteiger partial charge is 0.396 e. The predicted molar refractivity (Wildman–Crippen MR) is 47.1 cm³/mol. The van der Waals surface area contributed by atoms with Crippen LogP contribution >= 0.6 is 0 Å². The number of ether oxygens (including phenoxy) is 1. The molecule has 0 radical (unpaired) electrons. The highest BCUT2D eigenvalue weighted by molar-refractivity contribution is 4.82. The number of hydroxylamine groups is 2. The molecule has 2 bridgehead atoms. The zero-order valence-corrected chi connectivity index (χ0v) is 8.31. The molecule has 15 heavy (non-hydrogen) atoms. The van der Waals surface area contributed by atoms with Gasteiger partial charge in [-0.15, -0.1) is 0 Å². The summed E-state index contributed by atoms with van der Waals surface area (Å²) in [6.07, 6.45) is -1.48. The van der Waals surface area contributed by atoms with Gasteiger partial charge in [-0.3, -0.25) is 4.84 Å². The minimum atomic E-state index is -2.39. The molecular formula is C9H15F2NO3. The Bertz CT molecular complexity index is 218. The zero-order chi connectivity index (χ0) is 10.8. The van der Waals surface area contributed by atoms with Crippen LogP contribution in [0, 0.1) is 5.92 Å². The van der Waals surface area contributed by atoms with E-state index in [0.717, 1.165) is 6.42 Å². The van der Waals surface area contributed by atoms with Gasteiger partial charge in [-0.05, 0) is 12.8 Å². The fourth-order valence-electron chi connectivity index (χ4n) is 2.14. The van der Waals surface area contributed by atoms with Gasteiger partial charge in [-0.1, -0.05) is 0 Å². The molecule has 0 aromatic rings. The molecule has 0 unspecified atom stereocenters. The Hall–Kier alpha value is -0.300. The molecule has 3 atom stereocenters. The predicted octanol–water partition coefficient (Wildman–Crippen LogP) is 0.612. The first-order valence-electron chi connectivity index (χ1n) is 5.15. The van der Waals surface area contributed by atoms with Crippen LogP contribution in [0.3, 0.4) is 0 Å². The summed E-state index contributed by atoms with van der Waals surface area (Å²) in [6.45, 7) is 0.0976. The van der Waals surface area contributed by atoms with Crippen LogP contribution in [0.4, 0.5) is 8.78 Å². The third-order valence-corrected chi connectivity index (χ3v) is 2.78. The molecular weight excluding hydrogens is 208 g/mol. The molecule has 2 fully saturated rings. The summed E-state index contributed by atoms with van der Waals surface area (Å²) < 4.78 is 29.7. The summed E-state index contributed by atoms with van der Waals surface area (Å²) in [6, 6.07) is 0. The molecule has 0 aromatic carbocycles. The van der Waals surface area contributed by atoms with E-state index in [0.29, 0.717) is 13.0 Å². The first kappa shape index (κ1) is 11.2. The molecule has 0 aliphatic carbocycles. The molecule has 1 N–H and O–H groups in total. The maximum absolute atomic E-state index is 12.1. The Balaban J connectivity index is 1.87. The number of hydrogen-bond donors (Lipinski definition) is 1.